The largest absolute Gasteiger partial charge is 0.534 e. The molecule has 0 aliphatic carbocycles. The van der Waals surface area contributed by atoms with Gasteiger partial charge in [-0.3, -0.25) is 4.84 Å². The van der Waals surface area contributed by atoms with E-state index < -0.39 is 23.5 Å². The number of para-hydroxylation sites is 1. The van der Waals surface area contributed by atoms with E-state index in [0.717, 1.165) is 10.6 Å². The molecule has 27 heavy (non-hydrogen) atoms. The second-order valence-corrected chi connectivity index (χ2v) is 7.74. The Bertz CT molecular complexity index is 670. The predicted molar refractivity (Wildman–Crippen MR) is 102 cm³/mol. The Morgan fingerprint density at radius 3 is 2.15 bits per heavy atom. The van der Waals surface area contributed by atoms with Gasteiger partial charge >= 0.3 is 12.2 Å². The van der Waals surface area contributed by atoms with Crippen molar-refractivity contribution in [1.29, 1.82) is 0 Å². The molecule has 7 nitrogen and oxygen atoms in total. The standard InChI is InChI=1S/C20H29NO6/c1-19(2,3)25-17(22)21(27-18(23)26-20(4,5)6)14-10-12-15-11-8-9-13-16(15)24-7/h8-13H,14H2,1-7H3/b12-10+. The van der Waals surface area contributed by atoms with Gasteiger partial charge in [-0.1, -0.05) is 30.4 Å². The number of methoxy groups -OCH3 is 1. The number of rotatable bonds is 4. The van der Waals surface area contributed by atoms with Crippen molar-refractivity contribution in [3.63, 3.8) is 0 Å². The van der Waals surface area contributed by atoms with Crippen molar-refractivity contribution in [3.05, 3.63) is 35.9 Å². The van der Waals surface area contributed by atoms with Crippen molar-refractivity contribution in [2.75, 3.05) is 13.7 Å². The van der Waals surface area contributed by atoms with Gasteiger partial charge in [0.25, 0.3) is 0 Å². The molecule has 0 N–H and O–H groups in total. The van der Waals surface area contributed by atoms with Crippen LogP contribution in [0, 0.1) is 0 Å². The van der Waals surface area contributed by atoms with E-state index >= 15 is 0 Å². The molecule has 0 aromatic heterocycles. The Morgan fingerprint density at radius 2 is 1.59 bits per heavy atom. The smallest absolute Gasteiger partial charge is 0.496 e. The molecule has 150 valence electrons. The van der Waals surface area contributed by atoms with Gasteiger partial charge in [-0.15, -0.1) is 5.06 Å². The molecule has 0 unspecified atom stereocenters. The monoisotopic (exact) mass is 379 g/mol. The normalized spacial score (nSPS) is 11.8. The van der Waals surface area contributed by atoms with Crippen molar-refractivity contribution in [3.8, 4) is 5.75 Å². The van der Waals surface area contributed by atoms with Gasteiger partial charge in [0, 0.05) is 5.56 Å². The molecule has 0 fully saturated rings. The predicted octanol–water partition coefficient (Wildman–Crippen LogP) is 4.81. The fraction of sp³-hybridized carbons (Fsp3) is 0.500. The molecule has 7 heteroatoms. The van der Waals surface area contributed by atoms with E-state index in [4.69, 9.17) is 19.0 Å². The first-order valence-electron chi connectivity index (χ1n) is 8.62. The lowest BCUT2D eigenvalue weighted by Crippen LogP contribution is -2.39. The molecule has 0 saturated carbocycles. The topological polar surface area (TPSA) is 74.3 Å². The zero-order valence-electron chi connectivity index (χ0n) is 17.1. The van der Waals surface area contributed by atoms with Crippen LogP contribution < -0.4 is 4.74 Å². The van der Waals surface area contributed by atoms with Gasteiger partial charge in [0.05, 0.1) is 13.7 Å². The lowest BCUT2D eigenvalue weighted by atomic mass is 10.2. The zero-order chi connectivity index (χ0) is 20.7. The summed E-state index contributed by atoms with van der Waals surface area (Å²) in [6.45, 7) is 10.3. The summed E-state index contributed by atoms with van der Waals surface area (Å²) in [5.41, 5.74) is -0.662. The number of benzene rings is 1. The third kappa shape index (κ3) is 8.99. The van der Waals surface area contributed by atoms with E-state index in [2.05, 4.69) is 0 Å². The number of hydroxylamine groups is 2. The van der Waals surface area contributed by atoms with Crippen LogP contribution in [0.2, 0.25) is 0 Å². The molecule has 0 heterocycles. The van der Waals surface area contributed by atoms with Gasteiger partial charge in [-0.05, 0) is 47.6 Å². The van der Waals surface area contributed by atoms with Crippen LogP contribution in [0.5, 0.6) is 5.75 Å². The highest BCUT2D eigenvalue weighted by Crippen LogP contribution is 2.19. The number of nitrogens with zero attached hydrogens (tertiary/aromatic N) is 1. The van der Waals surface area contributed by atoms with Gasteiger partial charge in [-0.2, -0.15) is 0 Å². The van der Waals surface area contributed by atoms with E-state index in [1.807, 2.05) is 24.3 Å². The Labute approximate surface area is 160 Å². The maximum Gasteiger partial charge on any atom is 0.534 e. The molecule has 1 amide bonds. The van der Waals surface area contributed by atoms with E-state index in [0.29, 0.717) is 5.75 Å². The number of ether oxygens (including phenoxy) is 3. The summed E-state index contributed by atoms with van der Waals surface area (Å²) in [6, 6.07) is 7.41. The second kappa shape index (κ2) is 9.30. The minimum Gasteiger partial charge on any atom is -0.496 e. The summed E-state index contributed by atoms with van der Waals surface area (Å²) in [4.78, 5) is 29.3. The molecule has 0 atom stereocenters. The molecule has 0 aliphatic heterocycles. The van der Waals surface area contributed by atoms with Crippen molar-refractivity contribution < 1.29 is 28.6 Å². The van der Waals surface area contributed by atoms with Gasteiger partial charge in [0.2, 0.25) is 0 Å². The van der Waals surface area contributed by atoms with Crippen LogP contribution in [-0.2, 0) is 14.3 Å². The summed E-state index contributed by atoms with van der Waals surface area (Å²) in [6.07, 6.45) is 1.64. The Kier molecular flexibility index (Phi) is 7.69. The fourth-order valence-electron chi connectivity index (χ4n) is 1.90. The fourth-order valence-corrected chi connectivity index (χ4v) is 1.90. The Balaban J connectivity index is 2.88. The van der Waals surface area contributed by atoms with E-state index in [1.165, 1.54) is 0 Å². The molecule has 1 aromatic rings. The average molecular weight is 379 g/mol. The molecular weight excluding hydrogens is 350 g/mol. The highest BCUT2D eigenvalue weighted by Gasteiger charge is 2.27. The number of hydrogen-bond acceptors (Lipinski definition) is 6. The zero-order valence-corrected chi connectivity index (χ0v) is 17.1. The summed E-state index contributed by atoms with van der Waals surface area (Å²) < 4.78 is 15.6. The van der Waals surface area contributed by atoms with Crippen LogP contribution in [0.4, 0.5) is 9.59 Å². The SMILES string of the molecule is COc1ccccc1/C=C/CN(OC(=O)OC(C)(C)C)C(=O)OC(C)(C)C. The Morgan fingerprint density at radius 1 is 1.00 bits per heavy atom. The molecule has 0 aliphatic rings. The molecule has 0 saturated heterocycles. The minimum atomic E-state index is -0.987. The first-order chi connectivity index (χ1) is 12.4. The van der Waals surface area contributed by atoms with Gasteiger partial charge in [0.1, 0.15) is 17.0 Å². The highest BCUT2D eigenvalue weighted by atomic mass is 16.8. The Hall–Kier alpha value is -2.70. The second-order valence-electron chi connectivity index (χ2n) is 7.74. The number of amides is 1. The van der Waals surface area contributed by atoms with Crippen LogP contribution in [-0.4, -0.2) is 42.2 Å². The van der Waals surface area contributed by atoms with Crippen LogP contribution in [0.3, 0.4) is 0 Å². The van der Waals surface area contributed by atoms with Crippen molar-refractivity contribution in [2.45, 2.75) is 52.7 Å². The van der Waals surface area contributed by atoms with Crippen molar-refractivity contribution in [1.82, 2.24) is 5.06 Å². The number of hydrogen-bond donors (Lipinski definition) is 0. The highest BCUT2D eigenvalue weighted by molar-refractivity contribution is 5.70. The van der Waals surface area contributed by atoms with E-state index in [-0.39, 0.29) is 6.54 Å². The van der Waals surface area contributed by atoms with Crippen LogP contribution in [0.1, 0.15) is 47.1 Å². The molecule has 1 rings (SSSR count). The first kappa shape index (κ1) is 22.3. The van der Waals surface area contributed by atoms with Crippen LogP contribution in [0.25, 0.3) is 6.08 Å². The lowest BCUT2D eigenvalue weighted by Gasteiger charge is -2.26. The molecule has 0 bridgehead atoms. The summed E-state index contributed by atoms with van der Waals surface area (Å²) in [5.74, 6) is 0.686. The van der Waals surface area contributed by atoms with Gasteiger partial charge < -0.3 is 14.2 Å². The lowest BCUT2D eigenvalue weighted by molar-refractivity contribution is -0.130. The molecule has 0 radical (unpaired) electrons. The average Bonchev–Trinajstić information content (AvgIpc) is 2.51. The molecular formula is C20H29NO6. The van der Waals surface area contributed by atoms with E-state index in [9.17, 15) is 9.59 Å². The first-order valence-corrected chi connectivity index (χ1v) is 8.62. The quantitative estimate of drug-likeness (QED) is 0.552. The van der Waals surface area contributed by atoms with Gasteiger partial charge in [0.15, 0.2) is 0 Å². The van der Waals surface area contributed by atoms with Crippen molar-refractivity contribution in [2.24, 2.45) is 0 Å². The van der Waals surface area contributed by atoms with Crippen LogP contribution >= 0.6 is 0 Å². The minimum absolute atomic E-state index is 0.0216. The third-order valence-electron chi connectivity index (χ3n) is 2.88. The summed E-state index contributed by atoms with van der Waals surface area (Å²) >= 11 is 0. The van der Waals surface area contributed by atoms with E-state index in [1.54, 1.807) is 60.8 Å². The maximum atomic E-state index is 12.3. The summed E-state index contributed by atoms with van der Waals surface area (Å²) in [7, 11) is 1.57. The molecule has 0 spiro atoms. The summed E-state index contributed by atoms with van der Waals surface area (Å²) in [5, 5.41) is 0.811. The van der Waals surface area contributed by atoms with Crippen molar-refractivity contribution >= 4 is 18.3 Å². The third-order valence-corrected chi connectivity index (χ3v) is 2.88. The molecule has 1 aromatic carbocycles. The number of carbonyl (C=O) groups excluding carboxylic acids is 2. The van der Waals surface area contributed by atoms with Crippen LogP contribution in [0.15, 0.2) is 30.3 Å². The number of carbonyl (C=O) groups is 2. The van der Waals surface area contributed by atoms with Gasteiger partial charge in [-0.25, -0.2) is 9.59 Å². The maximum absolute atomic E-state index is 12.3.